The first-order valence-electron chi connectivity index (χ1n) is 6.79. The van der Waals surface area contributed by atoms with Crippen LogP contribution in [0.1, 0.15) is 25.0 Å². The molecule has 0 radical (unpaired) electrons. The van der Waals surface area contributed by atoms with Crippen LogP contribution in [0.3, 0.4) is 0 Å². The lowest BCUT2D eigenvalue weighted by Crippen LogP contribution is -2.04. The number of benzene rings is 2. The van der Waals surface area contributed by atoms with E-state index in [9.17, 15) is 0 Å². The Kier molecular flexibility index (Phi) is 11.7. The van der Waals surface area contributed by atoms with Crippen LogP contribution in [0.15, 0.2) is 60.7 Å². The SMILES string of the molecule is CC.CNCc1ccccc1.NCc1ccccc1. The molecular formula is C17H26N2. The summed E-state index contributed by atoms with van der Waals surface area (Å²) in [6, 6.07) is 20.3. The number of nitrogens with one attached hydrogen (secondary N) is 1. The molecule has 3 N–H and O–H groups in total. The van der Waals surface area contributed by atoms with Gasteiger partial charge in [-0.1, -0.05) is 74.5 Å². The molecule has 0 aliphatic carbocycles. The van der Waals surface area contributed by atoms with E-state index in [1.165, 1.54) is 11.1 Å². The zero-order valence-electron chi connectivity index (χ0n) is 12.3. The third kappa shape index (κ3) is 9.00. The normalized spacial score (nSPS) is 8.63. The topological polar surface area (TPSA) is 38.0 Å². The summed E-state index contributed by atoms with van der Waals surface area (Å²) >= 11 is 0. The van der Waals surface area contributed by atoms with Crippen LogP contribution in [0.5, 0.6) is 0 Å². The second kappa shape index (κ2) is 12.8. The molecule has 0 atom stereocenters. The summed E-state index contributed by atoms with van der Waals surface area (Å²) in [5, 5.41) is 3.08. The van der Waals surface area contributed by atoms with E-state index in [4.69, 9.17) is 5.73 Å². The van der Waals surface area contributed by atoms with E-state index in [1.54, 1.807) is 0 Å². The van der Waals surface area contributed by atoms with Crippen LogP contribution in [-0.2, 0) is 13.1 Å². The van der Waals surface area contributed by atoms with Gasteiger partial charge >= 0.3 is 0 Å². The fourth-order valence-corrected chi connectivity index (χ4v) is 1.41. The molecule has 0 heterocycles. The summed E-state index contributed by atoms with van der Waals surface area (Å²) < 4.78 is 0. The van der Waals surface area contributed by atoms with Crippen molar-refractivity contribution >= 4 is 0 Å². The van der Waals surface area contributed by atoms with E-state index in [0.29, 0.717) is 6.54 Å². The van der Waals surface area contributed by atoms with E-state index < -0.39 is 0 Å². The molecule has 2 aromatic rings. The van der Waals surface area contributed by atoms with Crippen molar-refractivity contribution in [2.45, 2.75) is 26.9 Å². The lowest BCUT2D eigenvalue weighted by Gasteiger charge is -1.95. The van der Waals surface area contributed by atoms with Crippen molar-refractivity contribution in [3.8, 4) is 0 Å². The Hall–Kier alpha value is -1.64. The van der Waals surface area contributed by atoms with Crippen LogP contribution in [0.25, 0.3) is 0 Å². The first kappa shape index (κ1) is 17.4. The smallest absolute Gasteiger partial charge is 0.0202 e. The molecule has 104 valence electrons. The Labute approximate surface area is 117 Å². The Morgan fingerprint density at radius 2 is 1.21 bits per heavy atom. The first-order valence-corrected chi connectivity index (χ1v) is 6.79. The molecule has 2 aromatic carbocycles. The van der Waals surface area contributed by atoms with Gasteiger partial charge in [0.15, 0.2) is 0 Å². The standard InChI is InChI=1S/C8H11N.C7H9N.C2H6/c1-9-7-8-5-3-2-4-6-8;8-6-7-4-2-1-3-5-7;1-2/h2-6,9H,7H2,1H3;1-5H,6,8H2;1-2H3. The highest BCUT2D eigenvalue weighted by Crippen LogP contribution is 1.95. The molecule has 0 saturated heterocycles. The van der Waals surface area contributed by atoms with Gasteiger partial charge in [0.1, 0.15) is 0 Å². The number of rotatable bonds is 3. The number of hydrogen-bond acceptors (Lipinski definition) is 2. The van der Waals surface area contributed by atoms with Crippen molar-refractivity contribution in [3.05, 3.63) is 71.8 Å². The van der Waals surface area contributed by atoms with Gasteiger partial charge in [-0.05, 0) is 18.2 Å². The zero-order valence-corrected chi connectivity index (χ0v) is 12.3. The molecule has 0 saturated carbocycles. The van der Waals surface area contributed by atoms with E-state index in [2.05, 4.69) is 17.4 Å². The maximum absolute atomic E-state index is 5.35. The van der Waals surface area contributed by atoms with Gasteiger partial charge < -0.3 is 11.1 Å². The number of nitrogens with two attached hydrogens (primary N) is 1. The van der Waals surface area contributed by atoms with Crippen LogP contribution in [-0.4, -0.2) is 7.05 Å². The van der Waals surface area contributed by atoms with Gasteiger partial charge in [0.2, 0.25) is 0 Å². The molecule has 0 aromatic heterocycles. The highest BCUT2D eigenvalue weighted by Gasteiger charge is 1.83. The van der Waals surface area contributed by atoms with Gasteiger partial charge in [-0.15, -0.1) is 0 Å². The lowest BCUT2D eigenvalue weighted by molar-refractivity contribution is 0.818. The fraction of sp³-hybridized carbons (Fsp3) is 0.294. The van der Waals surface area contributed by atoms with Crippen molar-refractivity contribution in [2.24, 2.45) is 5.73 Å². The molecular weight excluding hydrogens is 232 g/mol. The van der Waals surface area contributed by atoms with E-state index >= 15 is 0 Å². The minimum absolute atomic E-state index is 0.640. The van der Waals surface area contributed by atoms with Crippen LogP contribution >= 0.6 is 0 Å². The van der Waals surface area contributed by atoms with E-state index in [1.807, 2.05) is 69.4 Å². The zero-order chi connectivity index (χ0) is 14.3. The summed E-state index contributed by atoms with van der Waals surface area (Å²) in [6.07, 6.45) is 0. The Bertz CT molecular complexity index is 385. The van der Waals surface area contributed by atoms with Gasteiger partial charge in [0, 0.05) is 13.1 Å². The average molecular weight is 258 g/mol. The van der Waals surface area contributed by atoms with Crippen molar-refractivity contribution < 1.29 is 0 Å². The Morgan fingerprint density at radius 3 is 1.53 bits per heavy atom. The molecule has 0 aliphatic rings. The Morgan fingerprint density at radius 1 is 0.789 bits per heavy atom. The monoisotopic (exact) mass is 258 g/mol. The fourth-order valence-electron chi connectivity index (χ4n) is 1.41. The molecule has 19 heavy (non-hydrogen) atoms. The molecule has 0 bridgehead atoms. The maximum atomic E-state index is 5.35. The predicted molar refractivity (Wildman–Crippen MR) is 84.9 cm³/mol. The summed E-state index contributed by atoms with van der Waals surface area (Å²) in [7, 11) is 1.95. The second-order valence-corrected chi connectivity index (χ2v) is 3.71. The quantitative estimate of drug-likeness (QED) is 0.883. The summed E-state index contributed by atoms with van der Waals surface area (Å²) in [5.74, 6) is 0. The average Bonchev–Trinajstić information content (AvgIpc) is 2.52. The minimum Gasteiger partial charge on any atom is -0.326 e. The van der Waals surface area contributed by atoms with Crippen LogP contribution in [0.2, 0.25) is 0 Å². The highest BCUT2D eigenvalue weighted by atomic mass is 14.8. The van der Waals surface area contributed by atoms with Gasteiger partial charge in [-0.2, -0.15) is 0 Å². The number of hydrogen-bond donors (Lipinski definition) is 2. The second-order valence-electron chi connectivity index (χ2n) is 3.71. The van der Waals surface area contributed by atoms with E-state index in [0.717, 1.165) is 6.54 Å². The largest absolute Gasteiger partial charge is 0.326 e. The molecule has 2 nitrogen and oxygen atoms in total. The molecule has 0 amide bonds. The van der Waals surface area contributed by atoms with Crippen LogP contribution in [0, 0.1) is 0 Å². The molecule has 0 unspecified atom stereocenters. The predicted octanol–water partition coefficient (Wildman–Crippen LogP) is 3.58. The lowest BCUT2D eigenvalue weighted by atomic mass is 10.2. The van der Waals surface area contributed by atoms with Gasteiger partial charge in [0.25, 0.3) is 0 Å². The van der Waals surface area contributed by atoms with Crippen molar-refractivity contribution in [2.75, 3.05) is 7.05 Å². The third-order valence-corrected chi connectivity index (χ3v) is 2.30. The summed E-state index contributed by atoms with van der Waals surface area (Å²) in [5.41, 5.74) is 7.87. The first-order chi connectivity index (χ1) is 9.36. The van der Waals surface area contributed by atoms with Gasteiger partial charge in [-0.25, -0.2) is 0 Å². The molecule has 0 fully saturated rings. The van der Waals surface area contributed by atoms with E-state index in [-0.39, 0.29) is 0 Å². The van der Waals surface area contributed by atoms with Crippen LogP contribution < -0.4 is 11.1 Å². The highest BCUT2D eigenvalue weighted by molar-refractivity contribution is 5.14. The van der Waals surface area contributed by atoms with Crippen LogP contribution in [0.4, 0.5) is 0 Å². The molecule has 0 spiro atoms. The third-order valence-electron chi connectivity index (χ3n) is 2.30. The van der Waals surface area contributed by atoms with Crippen molar-refractivity contribution in [1.82, 2.24) is 5.32 Å². The van der Waals surface area contributed by atoms with Crippen molar-refractivity contribution in [3.63, 3.8) is 0 Å². The van der Waals surface area contributed by atoms with Crippen molar-refractivity contribution in [1.29, 1.82) is 0 Å². The van der Waals surface area contributed by atoms with Gasteiger partial charge in [-0.3, -0.25) is 0 Å². The van der Waals surface area contributed by atoms with Gasteiger partial charge in [0.05, 0.1) is 0 Å². The Balaban J connectivity index is 0.000000303. The molecule has 2 rings (SSSR count). The molecule has 0 aliphatic heterocycles. The molecule has 2 heteroatoms. The summed E-state index contributed by atoms with van der Waals surface area (Å²) in [6.45, 7) is 5.60. The summed E-state index contributed by atoms with van der Waals surface area (Å²) in [4.78, 5) is 0. The maximum Gasteiger partial charge on any atom is 0.0202 e. The minimum atomic E-state index is 0.640.